The fourth-order valence-electron chi connectivity index (χ4n) is 3.71. The van der Waals surface area contributed by atoms with Gasteiger partial charge >= 0.3 is 0 Å². The van der Waals surface area contributed by atoms with E-state index in [0.29, 0.717) is 11.8 Å². The van der Waals surface area contributed by atoms with Gasteiger partial charge in [0.25, 0.3) is 0 Å². The Morgan fingerprint density at radius 2 is 1.47 bits per heavy atom. The van der Waals surface area contributed by atoms with Crippen LogP contribution in [0.3, 0.4) is 0 Å². The first-order valence-electron chi connectivity index (χ1n) is 5.81. The van der Waals surface area contributed by atoms with E-state index in [4.69, 9.17) is 9.68 Å². The highest BCUT2D eigenvalue weighted by atomic mass is 16.6. The monoisotopic (exact) mass is 206 g/mol. The highest BCUT2D eigenvalue weighted by Crippen LogP contribution is 2.53. The number of rotatable bonds is 0. The summed E-state index contributed by atoms with van der Waals surface area (Å²) in [5.74, 6) is 1.12. The van der Waals surface area contributed by atoms with Crippen LogP contribution in [0, 0.1) is 17.3 Å². The average molecular weight is 206 g/mol. The molecule has 0 bridgehead atoms. The summed E-state index contributed by atoms with van der Waals surface area (Å²) < 4.78 is 0. The molecule has 0 radical (unpaired) electrons. The van der Waals surface area contributed by atoms with Gasteiger partial charge in [0.05, 0.1) is 16.8 Å². The summed E-state index contributed by atoms with van der Waals surface area (Å²) in [6, 6.07) is 0. The predicted molar refractivity (Wildman–Crippen MR) is 54.7 cm³/mol. The van der Waals surface area contributed by atoms with Crippen LogP contribution in [0.5, 0.6) is 0 Å². The van der Waals surface area contributed by atoms with Crippen LogP contribution in [0.1, 0.15) is 25.7 Å². The van der Waals surface area contributed by atoms with Crippen molar-refractivity contribution in [3.8, 4) is 0 Å². The maximum atomic E-state index is 5.24. The molecule has 0 aromatic heterocycles. The summed E-state index contributed by atoms with van der Waals surface area (Å²) in [4.78, 5) is 10.5. The highest BCUT2D eigenvalue weighted by molar-refractivity contribution is 6.16. The molecule has 0 N–H and O–H groups in total. The average Bonchev–Trinajstić information content (AvgIpc) is 2.95. The van der Waals surface area contributed by atoms with Crippen LogP contribution < -0.4 is 0 Å². The normalized spacial score (nSPS) is 39.5. The smallest absolute Gasteiger partial charge is 0.125 e. The van der Waals surface area contributed by atoms with Crippen molar-refractivity contribution in [1.82, 2.24) is 0 Å². The van der Waals surface area contributed by atoms with Crippen LogP contribution in [0.4, 0.5) is 0 Å². The largest absolute Gasteiger partial charge is 0.395 e. The van der Waals surface area contributed by atoms with E-state index in [-0.39, 0.29) is 5.41 Å². The zero-order valence-corrected chi connectivity index (χ0v) is 8.61. The van der Waals surface area contributed by atoms with Crippen molar-refractivity contribution < 1.29 is 9.68 Å². The molecule has 2 heterocycles. The Hall–Kier alpha value is -1.06. The van der Waals surface area contributed by atoms with Gasteiger partial charge in [-0.3, -0.25) is 0 Å². The van der Waals surface area contributed by atoms with Gasteiger partial charge in [0, 0.05) is 11.8 Å². The van der Waals surface area contributed by atoms with Crippen molar-refractivity contribution in [1.29, 1.82) is 0 Å². The van der Waals surface area contributed by atoms with Crippen LogP contribution in [0.15, 0.2) is 10.3 Å². The zero-order valence-electron chi connectivity index (χ0n) is 8.61. The summed E-state index contributed by atoms with van der Waals surface area (Å²) in [6.07, 6.45) is 4.84. The lowest BCUT2D eigenvalue weighted by Crippen LogP contribution is -2.33. The Kier molecular flexibility index (Phi) is 1.38. The molecule has 4 rings (SSSR count). The molecular weight excluding hydrogens is 192 g/mol. The molecule has 2 aliphatic carbocycles. The van der Waals surface area contributed by atoms with Gasteiger partial charge in [0.15, 0.2) is 0 Å². The lowest BCUT2D eigenvalue weighted by Gasteiger charge is -2.22. The second-order valence-electron chi connectivity index (χ2n) is 5.10. The van der Waals surface area contributed by atoms with E-state index in [1.807, 2.05) is 0 Å². The fourth-order valence-corrected chi connectivity index (χ4v) is 3.71. The van der Waals surface area contributed by atoms with E-state index in [1.54, 1.807) is 0 Å². The summed E-state index contributed by atoms with van der Waals surface area (Å²) in [6.45, 7) is 1.58. The topological polar surface area (TPSA) is 43.2 Å². The molecule has 4 heteroatoms. The Balaban J connectivity index is 1.82. The minimum Gasteiger partial charge on any atom is -0.395 e. The quantitative estimate of drug-likeness (QED) is 0.603. The van der Waals surface area contributed by atoms with Gasteiger partial charge in [-0.1, -0.05) is 10.3 Å². The number of fused-ring (bicyclic) bond motifs is 4. The van der Waals surface area contributed by atoms with Crippen molar-refractivity contribution in [2.75, 3.05) is 13.2 Å². The van der Waals surface area contributed by atoms with E-state index in [1.165, 1.54) is 37.1 Å². The molecule has 15 heavy (non-hydrogen) atoms. The number of nitrogens with zero attached hydrogens (tertiary/aromatic N) is 2. The van der Waals surface area contributed by atoms with E-state index in [2.05, 4.69) is 10.3 Å². The Labute approximate surface area is 88.3 Å². The second-order valence-corrected chi connectivity index (χ2v) is 5.10. The van der Waals surface area contributed by atoms with Crippen molar-refractivity contribution in [3.63, 3.8) is 0 Å². The highest BCUT2D eigenvalue weighted by Gasteiger charge is 2.58. The molecule has 2 fully saturated rings. The Morgan fingerprint density at radius 1 is 0.933 bits per heavy atom. The minimum absolute atomic E-state index is 0.141. The second kappa shape index (κ2) is 2.54. The zero-order chi connectivity index (χ0) is 9.88. The molecule has 2 saturated carbocycles. The standard InChI is InChI=1S/C11H14N2O2/c1-3-11(9-7(1)5-14-12-9)4-2-8-6-15-13-10(8)11/h7-8H,1-6H2/t7-,8-,11?/m0/s1. The summed E-state index contributed by atoms with van der Waals surface area (Å²) in [7, 11) is 0. The lowest BCUT2D eigenvalue weighted by atomic mass is 9.79. The van der Waals surface area contributed by atoms with Crippen molar-refractivity contribution >= 4 is 11.4 Å². The van der Waals surface area contributed by atoms with Gasteiger partial charge in [-0.2, -0.15) is 0 Å². The fraction of sp³-hybridized carbons (Fsp3) is 0.818. The first-order valence-corrected chi connectivity index (χ1v) is 5.81. The lowest BCUT2D eigenvalue weighted by molar-refractivity contribution is 0.146. The SMILES string of the molecule is C1CC2(CC[C@H]3CON=C32)C2=NOC[C@H]12. The third-order valence-electron chi connectivity index (χ3n) is 4.47. The first-order chi connectivity index (χ1) is 7.40. The minimum atomic E-state index is 0.141. The number of hydrogen-bond donors (Lipinski definition) is 0. The van der Waals surface area contributed by atoms with Crippen molar-refractivity contribution in [3.05, 3.63) is 0 Å². The van der Waals surface area contributed by atoms with Crippen LogP contribution in [0.25, 0.3) is 0 Å². The molecular formula is C11H14N2O2. The maximum Gasteiger partial charge on any atom is 0.125 e. The molecule has 80 valence electrons. The number of oxime groups is 2. The molecule has 4 aliphatic rings. The Morgan fingerprint density at radius 3 is 2.00 bits per heavy atom. The van der Waals surface area contributed by atoms with Crippen LogP contribution in [-0.2, 0) is 9.68 Å². The van der Waals surface area contributed by atoms with E-state index < -0.39 is 0 Å². The van der Waals surface area contributed by atoms with Crippen molar-refractivity contribution in [2.45, 2.75) is 25.7 Å². The number of hydrogen-bond acceptors (Lipinski definition) is 4. The van der Waals surface area contributed by atoms with Gasteiger partial charge in [-0.15, -0.1) is 0 Å². The van der Waals surface area contributed by atoms with E-state index in [0.717, 1.165) is 13.2 Å². The third kappa shape index (κ3) is 0.840. The maximum absolute atomic E-state index is 5.24. The molecule has 0 aromatic rings. The van der Waals surface area contributed by atoms with E-state index in [9.17, 15) is 0 Å². The summed E-state index contributed by atoms with van der Waals surface area (Å²) in [5, 5.41) is 8.55. The van der Waals surface area contributed by atoms with Crippen LogP contribution in [-0.4, -0.2) is 24.6 Å². The summed E-state index contributed by atoms with van der Waals surface area (Å²) in [5.41, 5.74) is 2.69. The van der Waals surface area contributed by atoms with Crippen molar-refractivity contribution in [2.24, 2.45) is 27.6 Å². The van der Waals surface area contributed by atoms with E-state index >= 15 is 0 Å². The van der Waals surface area contributed by atoms with Crippen LogP contribution >= 0.6 is 0 Å². The summed E-state index contributed by atoms with van der Waals surface area (Å²) >= 11 is 0. The van der Waals surface area contributed by atoms with Gasteiger partial charge in [0.1, 0.15) is 13.2 Å². The molecule has 0 amide bonds. The first kappa shape index (κ1) is 8.13. The molecule has 0 unspecified atom stereocenters. The molecule has 2 atom stereocenters. The van der Waals surface area contributed by atoms with Gasteiger partial charge in [0.2, 0.25) is 0 Å². The predicted octanol–water partition coefficient (Wildman–Crippen LogP) is 1.57. The van der Waals surface area contributed by atoms with Gasteiger partial charge < -0.3 is 9.68 Å². The molecule has 0 aromatic carbocycles. The molecule has 1 spiro atoms. The van der Waals surface area contributed by atoms with Gasteiger partial charge in [-0.25, -0.2) is 0 Å². The van der Waals surface area contributed by atoms with Crippen LogP contribution in [0.2, 0.25) is 0 Å². The molecule has 0 saturated heterocycles. The molecule has 4 nitrogen and oxygen atoms in total. The molecule has 2 aliphatic heterocycles. The van der Waals surface area contributed by atoms with Gasteiger partial charge in [-0.05, 0) is 25.7 Å². The Bertz CT molecular complexity index is 339. The third-order valence-corrected chi connectivity index (χ3v) is 4.47.